The molecule has 1 aliphatic rings. The van der Waals surface area contributed by atoms with E-state index in [4.69, 9.17) is 0 Å². The summed E-state index contributed by atoms with van der Waals surface area (Å²) in [4.78, 5) is 25.5. The SMILES string of the molecule is O=C(Nc1nc2c(s1)CN(S(=O)(=O)c1ccccc1)CC2)c1cnccn1. The summed E-state index contributed by atoms with van der Waals surface area (Å²) in [5.74, 6) is -0.400. The van der Waals surface area contributed by atoms with Gasteiger partial charge in [0.25, 0.3) is 5.91 Å². The van der Waals surface area contributed by atoms with Crippen LogP contribution in [0.3, 0.4) is 0 Å². The Morgan fingerprint density at radius 2 is 2.00 bits per heavy atom. The topological polar surface area (TPSA) is 105 Å². The third-order valence-corrected chi connectivity index (χ3v) is 6.95. The van der Waals surface area contributed by atoms with Crippen molar-refractivity contribution in [2.45, 2.75) is 17.9 Å². The van der Waals surface area contributed by atoms with Gasteiger partial charge in [-0.25, -0.2) is 18.4 Å². The molecule has 10 heteroatoms. The summed E-state index contributed by atoms with van der Waals surface area (Å²) < 4.78 is 27.0. The average Bonchev–Trinajstić information content (AvgIpc) is 3.10. The Morgan fingerprint density at radius 1 is 1.19 bits per heavy atom. The number of amides is 1. The van der Waals surface area contributed by atoms with Gasteiger partial charge in [-0.2, -0.15) is 4.31 Å². The summed E-state index contributed by atoms with van der Waals surface area (Å²) in [6, 6.07) is 8.36. The molecule has 0 fully saturated rings. The van der Waals surface area contributed by atoms with Gasteiger partial charge in [0, 0.05) is 30.2 Å². The van der Waals surface area contributed by atoms with Crippen molar-refractivity contribution in [3.8, 4) is 0 Å². The number of anilines is 1. The number of nitrogens with one attached hydrogen (secondary N) is 1. The fourth-order valence-electron chi connectivity index (χ4n) is 2.75. The van der Waals surface area contributed by atoms with Crippen LogP contribution in [0, 0.1) is 0 Å². The minimum Gasteiger partial charge on any atom is -0.296 e. The predicted octanol–water partition coefficient (Wildman–Crippen LogP) is 1.93. The summed E-state index contributed by atoms with van der Waals surface area (Å²) in [6.07, 6.45) is 4.80. The number of carbonyl (C=O) groups is 1. The maximum Gasteiger partial charge on any atom is 0.277 e. The summed E-state index contributed by atoms with van der Waals surface area (Å²) in [5, 5.41) is 3.12. The van der Waals surface area contributed by atoms with Crippen LogP contribution in [-0.4, -0.2) is 40.1 Å². The summed E-state index contributed by atoms with van der Waals surface area (Å²) >= 11 is 1.28. The Morgan fingerprint density at radius 3 is 2.74 bits per heavy atom. The van der Waals surface area contributed by atoms with Crippen molar-refractivity contribution in [2.75, 3.05) is 11.9 Å². The number of sulfonamides is 1. The molecule has 0 aliphatic carbocycles. The van der Waals surface area contributed by atoms with Crippen LogP contribution in [0.25, 0.3) is 0 Å². The lowest BCUT2D eigenvalue weighted by Crippen LogP contribution is -2.35. The molecule has 0 atom stereocenters. The van der Waals surface area contributed by atoms with Crippen LogP contribution in [0.1, 0.15) is 21.1 Å². The number of hydrogen-bond donors (Lipinski definition) is 1. The molecule has 0 bridgehead atoms. The van der Waals surface area contributed by atoms with Gasteiger partial charge in [0.15, 0.2) is 5.13 Å². The Hall–Kier alpha value is -2.69. The summed E-state index contributed by atoms with van der Waals surface area (Å²) in [7, 11) is -3.55. The highest BCUT2D eigenvalue weighted by atomic mass is 32.2. The van der Waals surface area contributed by atoms with Gasteiger partial charge in [-0.1, -0.05) is 18.2 Å². The molecule has 27 heavy (non-hydrogen) atoms. The van der Waals surface area contributed by atoms with Crippen LogP contribution in [0.15, 0.2) is 53.8 Å². The zero-order chi connectivity index (χ0) is 18.9. The monoisotopic (exact) mass is 401 g/mol. The Labute approximate surface area is 160 Å². The largest absolute Gasteiger partial charge is 0.296 e. The lowest BCUT2D eigenvalue weighted by Gasteiger charge is -2.25. The molecule has 1 amide bonds. The van der Waals surface area contributed by atoms with Gasteiger partial charge in [-0.05, 0) is 12.1 Å². The standard InChI is InChI=1S/C17H15N5O3S2/c23-16(14-10-18-7-8-19-14)21-17-20-13-6-9-22(11-15(13)26-17)27(24,25)12-4-2-1-3-5-12/h1-5,7-8,10H,6,9,11H2,(H,20,21,23). The van der Waals surface area contributed by atoms with Crippen molar-refractivity contribution in [1.82, 2.24) is 19.3 Å². The van der Waals surface area contributed by atoms with E-state index >= 15 is 0 Å². The highest BCUT2D eigenvalue weighted by Gasteiger charge is 2.30. The van der Waals surface area contributed by atoms with E-state index in [0.717, 1.165) is 10.6 Å². The minimum atomic E-state index is -3.55. The van der Waals surface area contributed by atoms with Gasteiger partial charge in [0.05, 0.1) is 23.3 Å². The smallest absolute Gasteiger partial charge is 0.277 e. The second-order valence-electron chi connectivity index (χ2n) is 5.84. The van der Waals surface area contributed by atoms with E-state index in [-0.39, 0.29) is 17.1 Å². The van der Waals surface area contributed by atoms with E-state index in [1.165, 1.54) is 34.2 Å². The maximum absolute atomic E-state index is 12.8. The van der Waals surface area contributed by atoms with Crippen LogP contribution in [0.4, 0.5) is 5.13 Å². The van der Waals surface area contributed by atoms with Crippen LogP contribution < -0.4 is 5.32 Å². The van der Waals surface area contributed by atoms with Crippen LogP contribution >= 0.6 is 11.3 Å². The molecule has 4 rings (SSSR count). The van der Waals surface area contributed by atoms with Crippen molar-refractivity contribution < 1.29 is 13.2 Å². The molecule has 0 spiro atoms. The molecule has 1 N–H and O–H groups in total. The van der Waals surface area contributed by atoms with Crippen molar-refractivity contribution in [1.29, 1.82) is 0 Å². The van der Waals surface area contributed by atoms with Crippen molar-refractivity contribution in [3.05, 3.63) is 65.2 Å². The molecule has 0 radical (unpaired) electrons. The number of benzene rings is 1. The first-order valence-electron chi connectivity index (χ1n) is 8.15. The Kier molecular flexibility index (Phi) is 4.68. The second-order valence-corrected chi connectivity index (χ2v) is 8.86. The molecule has 8 nitrogen and oxygen atoms in total. The lowest BCUT2D eigenvalue weighted by atomic mass is 10.2. The molecular formula is C17H15N5O3S2. The van der Waals surface area contributed by atoms with E-state index in [1.807, 2.05) is 0 Å². The fraction of sp³-hybridized carbons (Fsp3) is 0.176. The maximum atomic E-state index is 12.8. The van der Waals surface area contributed by atoms with Gasteiger partial charge < -0.3 is 0 Å². The van der Waals surface area contributed by atoms with E-state index in [9.17, 15) is 13.2 Å². The molecule has 138 valence electrons. The van der Waals surface area contributed by atoms with Gasteiger partial charge in [-0.3, -0.25) is 15.1 Å². The predicted molar refractivity (Wildman–Crippen MR) is 99.8 cm³/mol. The van der Waals surface area contributed by atoms with Gasteiger partial charge in [0.2, 0.25) is 10.0 Å². The normalized spacial score (nSPS) is 14.5. The van der Waals surface area contributed by atoms with E-state index in [0.29, 0.717) is 18.1 Å². The first-order valence-corrected chi connectivity index (χ1v) is 10.4. The zero-order valence-corrected chi connectivity index (χ0v) is 15.7. The molecular weight excluding hydrogens is 386 g/mol. The summed E-state index contributed by atoms with van der Waals surface area (Å²) in [6.45, 7) is 0.594. The number of nitrogens with zero attached hydrogens (tertiary/aromatic N) is 4. The average molecular weight is 401 g/mol. The van der Waals surface area contributed by atoms with E-state index < -0.39 is 15.9 Å². The molecule has 0 saturated heterocycles. The number of fused-ring (bicyclic) bond motifs is 1. The highest BCUT2D eigenvalue weighted by molar-refractivity contribution is 7.89. The number of rotatable bonds is 4. The molecule has 1 aliphatic heterocycles. The highest BCUT2D eigenvalue weighted by Crippen LogP contribution is 2.31. The van der Waals surface area contributed by atoms with Crippen LogP contribution in [0.5, 0.6) is 0 Å². The fourth-order valence-corrected chi connectivity index (χ4v) is 5.28. The number of hydrogen-bond acceptors (Lipinski definition) is 7. The number of carbonyl (C=O) groups excluding carboxylic acids is 1. The Bertz CT molecular complexity index is 1070. The molecule has 0 saturated carbocycles. The first-order chi connectivity index (χ1) is 13.0. The summed E-state index contributed by atoms with van der Waals surface area (Å²) in [5.41, 5.74) is 1.01. The van der Waals surface area contributed by atoms with Crippen LogP contribution in [0.2, 0.25) is 0 Å². The third kappa shape index (κ3) is 3.59. The Balaban J connectivity index is 1.52. The van der Waals surface area contributed by atoms with Gasteiger partial charge >= 0.3 is 0 Å². The number of thiazole rings is 1. The molecule has 3 aromatic rings. The van der Waals surface area contributed by atoms with E-state index in [2.05, 4.69) is 20.3 Å². The lowest BCUT2D eigenvalue weighted by molar-refractivity contribution is 0.102. The molecule has 1 aromatic carbocycles. The molecule has 0 unspecified atom stereocenters. The van der Waals surface area contributed by atoms with Crippen molar-refractivity contribution in [3.63, 3.8) is 0 Å². The zero-order valence-electron chi connectivity index (χ0n) is 14.1. The van der Waals surface area contributed by atoms with E-state index in [1.54, 1.807) is 30.3 Å². The van der Waals surface area contributed by atoms with Crippen molar-refractivity contribution in [2.24, 2.45) is 0 Å². The van der Waals surface area contributed by atoms with Crippen molar-refractivity contribution >= 4 is 32.4 Å². The number of aromatic nitrogens is 3. The molecule has 2 aromatic heterocycles. The minimum absolute atomic E-state index is 0.193. The first kappa shape index (κ1) is 17.7. The van der Waals surface area contributed by atoms with Gasteiger partial charge in [0.1, 0.15) is 5.69 Å². The third-order valence-electron chi connectivity index (χ3n) is 4.09. The second kappa shape index (κ2) is 7.14. The quantitative estimate of drug-likeness (QED) is 0.716. The van der Waals surface area contributed by atoms with Gasteiger partial charge in [-0.15, -0.1) is 11.3 Å². The van der Waals surface area contributed by atoms with Crippen LogP contribution in [-0.2, 0) is 23.0 Å². The molecule has 3 heterocycles.